The number of benzene rings is 1. The summed E-state index contributed by atoms with van der Waals surface area (Å²) in [5, 5.41) is 10.3. The van der Waals surface area contributed by atoms with Crippen LogP contribution in [-0.4, -0.2) is 11.1 Å². The van der Waals surface area contributed by atoms with E-state index < -0.39 is 23.4 Å². The van der Waals surface area contributed by atoms with Gasteiger partial charge in [0.15, 0.2) is 17.4 Å². The summed E-state index contributed by atoms with van der Waals surface area (Å²) >= 11 is 1.42. The average Bonchev–Trinajstić information content (AvgIpc) is 2.88. The molecule has 3 nitrogen and oxygen atoms in total. The minimum Gasteiger partial charge on any atom is -0.482 e. The first kappa shape index (κ1) is 14.2. The standard InChI is InChI=1S/C14H10F2O3S/c15-11-6-9(3-4-13(17)18)7-12(16)14(11)19-8-10-2-1-5-20-10/h1-7H,8H2,(H,17,18). The molecule has 0 aliphatic rings. The topological polar surface area (TPSA) is 46.5 Å². The largest absolute Gasteiger partial charge is 0.482 e. The Labute approximate surface area is 117 Å². The second kappa shape index (κ2) is 6.29. The maximum Gasteiger partial charge on any atom is 0.328 e. The zero-order valence-electron chi connectivity index (χ0n) is 10.2. The van der Waals surface area contributed by atoms with E-state index in [1.54, 1.807) is 6.07 Å². The summed E-state index contributed by atoms with van der Waals surface area (Å²) in [6, 6.07) is 5.65. The van der Waals surface area contributed by atoms with Gasteiger partial charge in [0.1, 0.15) is 6.61 Å². The van der Waals surface area contributed by atoms with Gasteiger partial charge in [0, 0.05) is 11.0 Å². The molecule has 1 aromatic heterocycles. The van der Waals surface area contributed by atoms with Gasteiger partial charge in [-0.1, -0.05) is 6.07 Å². The van der Waals surface area contributed by atoms with Gasteiger partial charge >= 0.3 is 5.97 Å². The number of carbonyl (C=O) groups is 1. The third kappa shape index (κ3) is 3.64. The van der Waals surface area contributed by atoms with Crippen LogP contribution in [0.2, 0.25) is 0 Å². The van der Waals surface area contributed by atoms with Crippen molar-refractivity contribution in [3.63, 3.8) is 0 Å². The second-order valence-electron chi connectivity index (χ2n) is 3.85. The Hall–Kier alpha value is -2.21. The van der Waals surface area contributed by atoms with Gasteiger partial charge in [-0.25, -0.2) is 13.6 Å². The summed E-state index contributed by atoms with van der Waals surface area (Å²) in [5.41, 5.74) is 0.117. The van der Waals surface area contributed by atoms with Crippen LogP contribution in [0.4, 0.5) is 8.78 Å². The smallest absolute Gasteiger partial charge is 0.328 e. The number of halogens is 2. The Morgan fingerprint density at radius 3 is 2.60 bits per heavy atom. The van der Waals surface area contributed by atoms with Gasteiger partial charge in [-0.3, -0.25) is 0 Å². The van der Waals surface area contributed by atoms with Gasteiger partial charge in [-0.05, 0) is 35.2 Å². The minimum absolute atomic E-state index is 0.0792. The molecule has 0 fully saturated rings. The van der Waals surface area contributed by atoms with Crippen LogP contribution < -0.4 is 4.74 Å². The summed E-state index contributed by atoms with van der Waals surface area (Å²) in [5.74, 6) is -3.40. The van der Waals surface area contributed by atoms with E-state index in [1.165, 1.54) is 11.3 Å². The summed E-state index contributed by atoms with van der Waals surface area (Å²) in [7, 11) is 0. The van der Waals surface area contributed by atoms with E-state index >= 15 is 0 Å². The Balaban J connectivity index is 2.16. The van der Waals surface area contributed by atoms with Crippen molar-refractivity contribution in [2.24, 2.45) is 0 Å². The van der Waals surface area contributed by atoms with Gasteiger partial charge < -0.3 is 9.84 Å². The zero-order valence-corrected chi connectivity index (χ0v) is 11.0. The number of carboxylic acid groups (broad SMARTS) is 1. The highest BCUT2D eigenvalue weighted by Crippen LogP contribution is 2.25. The number of hydrogen-bond donors (Lipinski definition) is 1. The lowest BCUT2D eigenvalue weighted by molar-refractivity contribution is -0.131. The highest BCUT2D eigenvalue weighted by atomic mass is 32.1. The first-order valence-corrected chi connectivity index (χ1v) is 6.49. The van der Waals surface area contributed by atoms with E-state index in [9.17, 15) is 13.6 Å². The van der Waals surface area contributed by atoms with Crippen molar-refractivity contribution in [2.75, 3.05) is 0 Å². The van der Waals surface area contributed by atoms with Crippen LogP contribution in [0.5, 0.6) is 5.75 Å². The van der Waals surface area contributed by atoms with E-state index in [1.807, 2.05) is 11.4 Å². The molecule has 0 radical (unpaired) electrons. The van der Waals surface area contributed by atoms with Crippen molar-refractivity contribution in [3.8, 4) is 5.75 Å². The molecule has 2 aromatic rings. The normalized spacial score (nSPS) is 10.9. The number of aliphatic carboxylic acids is 1. The van der Waals surface area contributed by atoms with Crippen molar-refractivity contribution in [1.82, 2.24) is 0 Å². The molecule has 0 unspecified atom stereocenters. The molecule has 1 aromatic carbocycles. The molecule has 0 bridgehead atoms. The van der Waals surface area contributed by atoms with Crippen LogP contribution in [0.1, 0.15) is 10.4 Å². The first-order valence-electron chi connectivity index (χ1n) is 5.61. The molecule has 0 atom stereocenters. The lowest BCUT2D eigenvalue weighted by Gasteiger charge is -2.08. The minimum atomic E-state index is -1.19. The van der Waals surface area contributed by atoms with E-state index in [2.05, 4.69) is 0 Å². The van der Waals surface area contributed by atoms with Crippen LogP contribution in [0, 0.1) is 11.6 Å². The van der Waals surface area contributed by atoms with Crippen LogP contribution in [0.15, 0.2) is 35.7 Å². The predicted molar refractivity (Wildman–Crippen MR) is 71.7 cm³/mol. The molecule has 0 aliphatic heterocycles. The summed E-state index contributed by atoms with van der Waals surface area (Å²) < 4.78 is 32.6. The number of rotatable bonds is 5. The van der Waals surface area contributed by atoms with Crippen molar-refractivity contribution in [3.05, 3.63) is 57.8 Å². The van der Waals surface area contributed by atoms with Crippen LogP contribution in [0.25, 0.3) is 6.08 Å². The zero-order chi connectivity index (χ0) is 14.5. The maximum absolute atomic E-state index is 13.7. The summed E-state index contributed by atoms with van der Waals surface area (Å²) in [4.78, 5) is 11.2. The molecule has 0 saturated carbocycles. The van der Waals surface area contributed by atoms with Crippen molar-refractivity contribution in [1.29, 1.82) is 0 Å². The van der Waals surface area contributed by atoms with E-state index in [0.717, 1.165) is 29.2 Å². The summed E-state index contributed by atoms with van der Waals surface area (Å²) in [6.45, 7) is 0.0792. The molecule has 0 aliphatic carbocycles. The number of thiophene rings is 1. The molecule has 1 N–H and O–H groups in total. The Bertz CT molecular complexity index is 613. The molecular formula is C14H10F2O3S. The molecule has 2 rings (SSSR count). The van der Waals surface area contributed by atoms with Gasteiger partial charge in [0.05, 0.1) is 0 Å². The SMILES string of the molecule is O=C(O)C=Cc1cc(F)c(OCc2cccs2)c(F)c1. The fourth-order valence-electron chi connectivity index (χ4n) is 1.52. The molecule has 1 heterocycles. The lowest BCUT2D eigenvalue weighted by atomic mass is 10.2. The monoisotopic (exact) mass is 296 g/mol. The second-order valence-corrected chi connectivity index (χ2v) is 4.89. The highest BCUT2D eigenvalue weighted by Gasteiger charge is 2.12. The molecular weight excluding hydrogens is 286 g/mol. The van der Waals surface area contributed by atoms with E-state index in [0.29, 0.717) is 0 Å². The molecule has 6 heteroatoms. The molecule has 0 saturated heterocycles. The number of carboxylic acids is 1. The average molecular weight is 296 g/mol. The molecule has 104 valence electrons. The van der Waals surface area contributed by atoms with E-state index in [4.69, 9.17) is 9.84 Å². The van der Waals surface area contributed by atoms with Gasteiger partial charge in [0.25, 0.3) is 0 Å². The van der Waals surface area contributed by atoms with Gasteiger partial charge in [-0.15, -0.1) is 11.3 Å². The van der Waals surface area contributed by atoms with Gasteiger partial charge in [-0.2, -0.15) is 0 Å². The molecule has 20 heavy (non-hydrogen) atoms. The third-order valence-electron chi connectivity index (χ3n) is 2.38. The third-order valence-corrected chi connectivity index (χ3v) is 3.23. The number of hydrogen-bond acceptors (Lipinski definition) is 3. The van der Waals surface area contributed by atoms with E-state index in [-0.39, 0.29) is 12.2 Å². The van der Waals surface area contributed by atoms with Crippen LogP contribution >= 0.6 is 11.3 Å². The summed E-state index contributed by atoms with van der Waals surface area (Å²) in [6.07, 6.45) is 1.91. The predicted octanol–water partition coefficient (Wildman–Crippen LogP) is 3.70. The Morgan fingerprint density at radius 1 is 1.35 bits per heavy atom. The molecule has 0 amide bonds. The Kier molecular flexibility index (Phi) is 4.47. The fraction of sp³-hybridized carbons (Fsp3) is 0.0714. The van der Waals surface area contributed by atoms with Crippen LogP contribution in [0.3, 0.4) is 0 Å². The fourth-order valence-corrected chi connectivity index (χ4v) is 2.14. The first-order chi connectivity index (χ1) is 9.56. The van der Waals surface area contributed by atoms with Crippen LogP contribution in [-0.2, 0) is 11.4 Å². The van der Waals surface area contributed by atoms with Crippen molar-refractivity contribution in [2.45, 2.75) is 6.61 Å². The molecule has 0 spiro atoms. The Morgan fingerprint density at radius 2 is 2.05 bits per heavy atom. The number of ether oxygens (including phenoxy) is 1. The maximum atomic E-state index is 13.7. The lowest BCUT2D eigenvalue weighted by Crippen LogP contribution is -1.99. The van der Waals surface area contributed by atoms with Crippen molar-refractivity contribution < 1.29 is 23.4 Å². The quantitative estimate of drug-likeness (QED) is 0.856. The van der Waals surface area contributed by atoms with Gasteiger partial charge in [0.2, 0.25) is 0 Å². The highest BCUT2D eigenvalue weighted by molar-refractivity contribution is 7.09. The van der Waals surface area contributed by atoms with Crippen molar-refractivity contribution >= 4 is 23.4 Å².